The zero-order valence-electron chi connectivity index (χ0n) is 11.4. The van der Waals surface area contributed by atoms with Crippen LogP contribution in [-0.4, -0.2) is 0 Å². The summed E-state index contributed by atoms with van der Waals surface area (Å²) >= 11 is 0. The van der Waals surface area contributed by atoms with Gasteiger partial charge in [-0.1, -0.05) is 24.3 Å². The van der Waals surface area contributed by atoms with Gasteiger partial charge in [-0.05, 0) is 81.2 Å². The van der Waals surface area contributed by atoms with Crippen LogP contribution in [0.2, 0.25) is 0 Å². The molecule has 0 aromatic heterocycles. The highest BCUT2D eigenvalue weighted by molar-refractivity contribution is 6.05. The lowest BCUT2D eigenvalue weighted by Gasteiger charge is -2.07. The molecule has 0 saturated carbocycles. The molecular weight excluding hydrogens is 242 g/mol. The zero-order chi connectivity index (χ0) is 13.7. The third-order valence-corrected chi connectivity index (χ3v) is 4.05. The Kier molecular flexibility index (Phi) is 2.25. The van der Waals surface area contributed by atoms with E-state index in [9.17, 15) is 0 Å². The predicted molar refractivity (Wildman–Crippen MR) is 88.1 cm³/mol. The van der Waals surface area contributed by atoms with Crippen molar-refractivity contribution in [2.24, 2.45) is 0 Å². The summed E-state index contributed by atoms with van der Waals surface area (Å²) in [4.78, 5) is 0. The maximum absolute atomic E-state index is 6.02. The van der Waals surface area contributed by atoms with Crippen molar-refractivity contribution >= 4 is 38.0 Å². The summed E-state index contributed by atoms with van der Waals surface area (Å²) < 4.78 is 0. The van der Waals surface area contributed by atoms with Gasteiger partial charge in [-0.2, -0.15) is 0 Å². The molecule has 0 aliphatic heterocycles. The van der Waals surface area contributed by atoms with E-state index in [1.165, 1.54) is 32.3 Å². The van der Waals surface area contributed by atoms with E-state index in [2.05, 4.69) is 67.6 Å². The maximum atomic E-state index is 6.02. The summed E-state index contributed by atoms with van der Waals surface area (Å²) in [6.45, 7) is 2.05. The van der Waals surface area contributed by atoms with Crippen LogP contribution in [0.15, 0.2) is 60.7 Å². The van der Waals surface area contributed by atoms with Crippen LogP contribution in [0.1, 0.15) is 5.56 Å². The molecule has 4 aromatic carbocycles. The van der Waals surface area contributed by atoms with E-state index in [0.29, 0.717) is 0 Å². The van der Waals surface area contributed by atoms with Crippen LogP contribution in [0, 0.1) is 6.92 Å². The molecule has 0 fully saturated rings. The van der Waals surface area contributed by atoms with Crippen LogP contribution >= 0.6 is 0 Å². The normalized spacial score (nSPS) is 11.4. The lowest BCUT2D eigenvalue weighted by molar-refractivity contribution is 1.50. The largest absolute Gasteiger partial charge is 0.398 e. The van der Waals surface area contributed by atoms with E-state index in [-0.39, 0.29) is 0 Å². The fourth-order valence-corrected chi connectivity index (χ4v) is 2.88. The maximum Gasteiger partial charge on any atom is 0.0350 e. The van der Waals surface area contributed by atoms with Crippen LogP contribution in [0.25, 0.3) is 32.3 Å². The van der Waals surface area contributed by atoms with Crippen molar-refractivity contribution in [2.45, 2.75) is 6.92 Å². The SMILES string of the molecule is Cc1cc2cc3cc4ccccc4cc3cc2cc1N. The first-order valence-electron chi connectivity index (χ1n) is 6.83. The minimum atomic E-state index is 0.859. The Morgan fingerprint density at radius 1 is 0.600 bits per heavy atom. The first-order chi connectivity index (χ1) is 9.70. The molecule has 1 nitrogen and oxygen atoms in total. The number of nitrogen functional groups attached to an aromatic ring is 1. The first-order valence-corrected chi connectivity index (χ1v) is 6.83. The Bertz CT molecular complexity index is 888. The summed E-state index contributed by atoms with van der Waals surface area (Å²) in [6.07, 6.45) is 0. The Labute approximate surface area is 117 Å². The van der Waals surface area contributed by atoms with Crippen molar-refractivity contribution in [1.82, 2.24) is 0 Å². The van der Waals surface area contributed by atoms with Gasteiger partial charge in [0.15, 0.2) is 0 Å². The van der Waals surface area contributed by atoms with Crippen molar-refractivity contribution in [2.75, 3.05) is 5.73 Å². The molecule has 0 spiro atoms. The molecule has 1 heteroatoms. The number of benzene rings is 4. The van der Waals surface area contributed by atoms with Gasteiger partial charge < -0.3 is 5.73 Å². The summed E-state index contributed by atoms with van der Waals surface area (Å²) in [7, 11) is 0. The molecule has 0 amide bonds. The Hall–Kier alpha value is -2.54. The first kappa shape index (κ1) is 11.3. The quantitative estimate of drug-likeness (QED) is 0.347. The second kappa shape index (κ2) is 3.97. The van der Waals surface area contributed by atoms with Crippen molar-refractivity contribution in [3.05, 3.63) is 66.2 Å². The lowest BCUT2D eigenvalue weighted by Crippen LogP contribution is -1.89. The molecule has 0 radical (unpaired) electrons. The second-order valence-corrected chi connectivity index (χ2v) is 5.45. The molecule has 96 valence electrons. The summed E-state index contributed by atoms with van der Waals surface area (Å²) in [5, 5.41) is 7.56. The highest BCUT2D eigenvalue weighted by atomic mass is 14.5. The Balaban J connectivity index is 2.15. The monoisotopic (exact) mass is 257 g/mol. The second-order valence-electron chi connectivity index (χ2n) is 5.45. The fourth-order valence-electron chi connectivity index (χ4n) is 2.88. The van der Waals surface area contributed by atoms with Gasteiger partial charge >= 0.3 is 0 Å². The van der Waals surface area contributed by atoms with Crippen LogP contribution in [0.3, 0.4) is 0 Å². The number of anilines is 1. The predicted octanol–water partition coefficient (Wildman–Crippen LogP) is 5.04. The Morgan fingerprint density at radius 3 is 1.65 bits per heavy atom. The van der Waals surface area contributed by atoms with E-state index in [1.807, 2.05) is 0 Å². The molecule has 0 heterocycles. The lowest BCUT2D eigenvalue weighted by atomic mass is 9.98. The van der Waals surface area contributed by atoms with Gasteiger partial charge in [0, 0.05) is 5.69 Å². The van der Waals surface area contributed by atoms with Crippen LogP contribution < -0.4 is 5.73 Å². The molecule has 0 aliphatic rings. The van der Waals surface area contributed by atoms with E-state index < -0.39 is 0 Å². The van der Waals surface area contributed by atoms with E-state index in [4.69, 9.17) is 5.73 Å². The molecule has 20 heavy (non-hydrogen) atoms. The average molecular weight is 257 g/mol. The molecule has 4 rings (SSSR count). The number of nitrogens with two attached hydrogens (primary N) is 1. The third kappa shape index (κ3) is 1.64. The number of hydrogen-bond donors (Lipinski definition) is 1. The van der Waals surface area contributed by atoms with Crippen molar-refractivity contribution in [3.63, 3.8) is 0 Å². The van der Waals surface area contributed by atoms with E-state index in [0.717, 1.165) is 11.3 Å². The Morgan fingerprint density at radius 2 is 1.05 bits per heavy atom. The van der Waals surface area contributed by atoms with Crippen molar-refractivity contribution in [3.8, 4) is 0 Å². The number of fused-ring (bicyclic) bond motifs is 3. The molecule has 2 N–H and O–H groups in total. The van der Waals surface area contributed by atoms with Crippen LogP contribution in [-0.2, 0) is 0 Å². The van der Waals surface area contributed by atoms with E-state index in [1.54, 1.807) is 0 Å². The summed E-state index contributed by atoms with van der Waals surface area (Å²) in [6, 6.07) is 21.7. The molecule has 0 bridgehead atoms. The summed E-state index contributed by atoms with van der Waals surface area (Å²) in [5.41, 5.74) is 8.02. The minimum absolute atomic E-state index is 0.859. The zero-order valence-corrected chi connectivity index (χ0v) is 11.4. The van der Waals surface area contributed by atoms with Crippen molar-refractivity contribution in [1.29, 1.82) is 0 Å². The number of hydrogen-bond acceptors (Lipinski definition) is 1. The molecule has 0 unspecified atom stereocenters. The van der Waals surface area contributed by atoms with Crippen molar-refractivity contribution < 1.29 is 0 Å². The highest BCUT2D eigenvalue weighted by Crippen LogP contribution is 2.29. The van der Waals surface area contributed by atoms with Gasteiger partial charge in [-0.3, -0.25) is 0 Å². The highest BCUT2D eigenvalue weighted by Gasteiger charge is 2.03. The fraction of sp³-hybridized carbons (Fsp3) is 0.0526. The molecular formula is C19H15N. The third-order valence-electron chi connectivity index (χ3n) is 4.05. The molecule has 0 saturated heterocycles. The smallest absolute Gasteiger partial charge is 0.0350 e. The van der Waals surface area contributed by atoms with Gasteiger partial charge in [0.25, 0.3) is 0 Å². The average Bonchev–Trinajstić information content (AvgIpc) is 2.44. The minimum Gasteiger partial charge on any atom is -0.398 e. The van der Waals surface area contributed by atoms with Crippen LogP contribution in [0.5, 0.6) is 0 Å². The van der Waals surface area contributed by atoms with Gasteiger partial charge in [0.05, 0.1) is 0 Å². The number of aryl methyl sites for hydroxylation is 1. The van der Waals surface area contributed by atoms with Crippen LogP contribution in [0.4, 0.5) is 5.69 Å². The molecule has 4 aromatic rings. The molecule has 0 aliphatic carbocycles. The standard InChI is InChI=1S/C19H15N/c1-12-6-15-9-16-7-13-4-2-3-5-14(13)8-17(16)10-18(15)11-19(12)20/h2-11H,20H2,1H3. The molecule has 0 atom stereocenters. The number of rotatable bonds is 0. The van der Waals surface area contributed by atoms with Gasteiger partial charge in [-0.15, -0.1) is 0 Å². The van der Waals surface area contributed by atoms with Gasteiger partial charge in [0.1, 0.15) is 0 Å². The van der Waals surface area contributed by atoms with Gasteiger partial charge in [-0.25, -0.2) is 0 Å². The van der Waals surface area contributed by atoms with E-state index >= 15 is 0 Å². The van der Waals surface area contributed by atoms with Gasteiger partial charge in [0.2, 0.25) is 0 Å². The summed E-state index contributed by atoms with van der Waals surface area (Å²) in [5.74, 6) is 0. The topological polar surface area (TPSA) is 26.0 Å².